The number of nitrogens with one attached hydrogen (secondary N) is 2. The van der Waals surface area contributed by atoms with Gasteiger partial charge in [0.2, 0.25) is 10.0 Å². The molecule has 23 heavy (non-hydrogen) atoms. The molecule has 8 heteroatoms. The normalized spacial score (nSPS) is 15.0. The molecule has 0 unspecified atom stereocenters. The molecule has 1 aliphatic rings. The van der Waals surface area contributed by atoms with E-state index in [1.165, 1.54) is 20.2 Å². The number of amides is 1. The molecule has 0 spiro atoms. The monoisotopic (exact) mass is 361 g/mol. The third-order valence-corrected chi connectivity index (χ3v) is 6.00. The molecule has 1 fully saturated rings. The molecule has 1 saturated heterocycles. The predicted molar refractivity (Wildman–Crippen MR) is 92.7 cm³/mol. The van der Waals surface area contributed by atoms with Crippen molar-refractivity contribution in [1.82, 2.24) is 14.9 Å². The van der Waals surface area contributed by atoms with Crippen LogP contribution in [-0.4, -0.2) is 52.4 Å². The number of nitrogens with zero attached hydrogens (tertiary/aromatic N) is 1. The molecule has 1 heterocycles. The lowest BCUT2D eigenvalue weighted by atomic mass is 10.0. The van der Waals surface area contributed by atoms with Crippen molar-refractivity contribution >= 4 is 28.3 Å². The Balaban J connectivity index is 0.00000264. The van der Waals surface area contributed by atoms with Crippen LogP contribution >= 0.6 is 12.4 Å². The van der Waals surface area contributed by atoms with E-state index in [0.717, 1.165) is 23.0 Å². The molecule has 0 aliphatic carbocycles. The maximum atomic E-state index is 12.4. The third-order valence-electron chi connectivity index (χ3n) is 4.06. The lowest BCUT2D eigenvalue weighted by Gasteiger charge is -2.27. The van der Waals surface area contributed by atoms with Crippen molar-refractivity contribution in [3.8, 4) is 0 Å². The van der Waals surface area contributed by atoms with E-state index in [4.69, 9.17) is 0 Å². The zero-order chi connectivity index (χ0) is 16.5. The maximum absolute atomic E-state index is 12.4. The minimum absolute atomic E-state index is 0. The van der Waals surface area contributed by atoms with Gasteiger partial charge in [-0.1, -0.05) is 0 Å². The summed E-state index contributed by atoms with van der Waals surface area (Å²) in [5.74, 6) is 0.227. The van der Waals surface area contributed by atoms with Crippen molar-refractivity contribution in [3.05, 3.63) is 28.8 Å². The molecule has 1 aromatic rings. The molecule has 0 atom stereocenters. The minimum atomic E-state index is -3.57. The minimum Gasteiger partial charge on any atom is -0.352 e. The van der Waals surface area contributed by atoms with Crippen LogP contribution in [0.1, 0.15) is 21.5 Å². The number of hydrogen-bond donors (Lipinski definition) is 2. The number of rotatable bonds is 5. The summed E-state index contributed by atoms with van der Waals surface area (Å²) in [5, 5.41) is 6.01. The Kier molecular flexibility index (Phi) is 6.59. The number of carbonyl (C=O) groups excluding carboxylic acids is 1. The van der Waals surface area contributed by atoms with Gasteiger partial charge < -0.3 is 10.6 Å². The molecule has 2 N–H and O–H groups in total. The molecule has 1 aromatic carbocycles. The summed E-state index contributed by atoms with van der Waals surface area (Å²) in [6.45, 7) is 6.00. The summed E-state index contributed by atoms with van der Waals surface area (Å²) in [7, 11) is -0.594. The molecule has 1 amide bonds. The van der Waals surface area contributed by atoms with Crippen LogP contribution in [0.5, 0.6) is 0 Å². The number of sulfonamides is 1. The molecule has 0 bridgehead atoms. The van der Waals surface area contributed by atoms with Gasteiger partial charge in [0.05, 0.1) is 4.90 Å². The van der Waals surface area contributed by atoms with Gasteiger partial charge in [-0.2, -0.15) is 0 Å². The number of halogens is 1. The fourth-order valence-corrected chi connectivity index (χ4v) is 3.47. The molecule has 0 saturated carbocycles. The first kappa shape index (κ1) is 19.9. The Morgan fingerprint density at radius 2 is 1.91 bits per heavy atom. The van der Waals surface area contributed by atoms with Gasteiger partial charge in [-0.05, 0) is 37.1 Å². The Labute approximate surface area is 144 Å². The van der Waals surface area contributed by atoms with Crippen LogP contribution in [0.4, 0.5) is 0 Å². The molecular weight excluding hydrogens is 338 g/mol. The molecule has 130 valence electrons. The van der Waals surface area contributed by atoms with Crippen molar-refractivity contribution < 1.29 is 13.2 Å². The summed E-state index contributed by atoms with van der Waals surface area (Å²) in [4.78, 5) is 12.4. The van der Waals surface area contributed by atoms with Gasteiger partial charge in [0.15, 0.2) is 0 Å². The van der Waals surface area contributed by atoms with Crippen molar-refractivity contribution in [2.24, 2.45) is 5.92 Å². The summed E-state index contributed by atoms with van der Waals surface area (Å²) < 4.78 is 25.9. The lowest BCUT2D eigenvalue weighted by Crippen LogP contribution is -2.48. The van der Waals surface area contributed by atoms with Crippen LogP contribution in [0.3, 0.4) is 0 Å². The quantitative estimate of drug-likeness (QED) is 0.817. The number of aryl methyl sites for hydroxylation is 1. The van der Waals surface area contributed by atoms with E-state index in [9.17, 15) is 13.2 Å². The van der Waals surface area contributed by atoms with Crippen LogP contribution in [0.2, 0.25) is 0 Å². The van der Waals surface area contributed by atoms with E-state index in [1.54, 1.807) is 13.0 Å². The first-order valence-electron chi connectivity index (χ1n) is 7.26. The van der Waals surface area contributed by atoms with Crippen LogP contribution in [-0.2, 0) is 10.0 Å². The zero-order valence-electron chi connectivity index (χ0n) is 13.8. The summed E-state index contributed by atoms with van der Waals surface area (Å²) in [6.07, 6.45) is 0. The van der Waals surface area contributed by atoms with Gasteiger partial charge in [-0.3, -0.25) is 4.79 Å². The highest BCUT2D eigenvalue weighted by Crippen LogP contribution is 2.23. The van der Waals surface area contributed by atoms with Crippen molar-refractivity contribution in [2.75, 3.05) is 33.7 Å². The summed E-state index contributed by atoms with van der Waals surface area (Å²) >= 11 is 0. The number of carbonyl (C=O) groups is 1. The second-order valence-electron chi connectivity index (χ2n) is 5.94. The van der Waals surface area contributed by atoms with E-state index in [0.29, 0.717) is 23.6 Å². The second-order valence-corrected chi connectivity index (χ2v) is 8.06. The number of benzene rings is 1. The average Bonchev–Trinajstić information content (AvgIpc) is 2.39. The van der Waals surface area contributed by atoms with Crippen molar-refractivity contribution in [3.63, 3.8) is 0 Å². The first-order valence-corrected chi connectivity index (χ1v) is 8.70. The van der Waals surface area contributed by atoms with Gasteiger partial charge in [-0.15, -0.1) is 12.4 Å². The van der Waals surface area contributed by atoms with Crippen LogP contribution in [0.15, 0.2) is 17.0 Å². The topological polar surface area (TPSA) is 78.5 Å². The van der Waals surface area contributed by atoms with E-state index in [2.05, 4.69) is 10.6 Å². The molecule has 1 aliphatic heterocycles. The van der Waals surface area contributed by atoms with E-state index < -0.39 is 10.0 Å². The fourth-order valence-electron chi connectivity index (χ4n) is 2.25. The highest BCUT2D eigenvalue weighted by atomic mass is 35.5. The highest BCUT2D eigenvalue weighted by Gasteiger charge is 2.23. The Morgan fingerprint density at radius 3 is 2.39 bits per heavy atom. The van der Waals surface area contributed by atoms with Gasteiger partial charge in [0.25, 0.3) is 5.91 Å². The third kappa shape index (κ3) is 4.23. The SMILES string of the molecule is Cc1cc(C(=O)NCC2CNC2)cc(S(=O)(=O)N(C)C)c1C.Cl. The molecule has 6 nitrogen and oxygen atoms in total. The average molecular weight is 362 g/mol. The Morgan fingerprint density at radius 1 is 1.30 bits per heavy atom. The zero-order valence-corrected chi connectivity index (χ0v) is 15.5. The summed E-state index contributed by atoms with van der Waals surface area (Å²) in [5.41, 5.74) is 1.85. The fraction of sp³-hybridized carbons (Fsp3) is 0.533. The number of hydrogen-bond acceptors (Lipinski definition) is 4. The van der Waals surface area contributed by atoms with Crippen LogP contribution in [0, 0.1) is 19.8 Å². The van der Waals surface area contributed by atoms with Gasteiger partial charge in [0, 0.05) is 45.2 Å². The van der Waals surface area contributed by atoms with Gasteiger partial charge in [-0.25, -0.2) is 12.7 Å². The lowest BCUT2D eigenvalue weighted by molar-refractivity contribution is 0.0942. The van der Waals surface area contributed by atoms with Crippen molar-refractivity contribution in [1.29, 1.82) is 0 Å². The molecule has 0 aromatic heterocycles. The first-order chi connectivity index (χ1) is 10.2. The maximum Gasteiger partial charge on any atom is 0.251 e. The van der Waals surface area contributed by atoms with Crippen LogP contribution < -0.4 is 10.6 Å². The van der Waals surface area contributed by atoms with E-state index >= 15 is 0 Å². The van der Waals surface area contributed by atoms with E-state index in [-0.39, 0.29) is 23.2 Å². The smallest absolute Gasteiger partial charge is 0.251 e. The molecule has 2 rings (SSSR count). The Bertz CT molecular complexity index is 685. The van der Waals surface area contributed by atoms with Gasteiger partial charge >= 0.3 is 0 Å². The Hall–Kier alpha value is -1.15. The van der Waals surface area contributed by atoms with Crippen LogP contribution in [0.25, 0.3) is 0 Å². The predicted octanol–water partition coefficient (Wildman–Crippen LogP) is 0.925. The summed E-state index contributed by atoms with van der Waals surface area (Å²) in [6, 6.07) is 3.20. The van der Waals surface area contributed by atoms with Crippen molar-refractivity contribution in [2.45, 2.75) is 18.7 Å². The molecular formula is C15H24ClN3O3S. The molecule has 0 radical (unpaired) electrons. The van der Waals surface area contributed by atoms with E-state index in [1.807, 2.05) is 6.92 Å². The van der Waals surface area contributed by atoms with Gasteiger partial charge in [0.1, 0.15) is 0 Å². The largest absolute Gasteiger partial charge is 0.352 e. The highest BCUT2D eigenvalue weighted by molar-refractivity contribution is 7.89. The second kappa shape index (κ2) is 7.61. The standard InChI is InChI=1S/C15H23N3O3S.ClH/c1-10-5-13(15(19)17-9-12-7-16-8-12)6-14(11(10)2)22(20,21)18(3)4;/h5-6,12,16H,7-9H2,1-4H3,(H,17,19);1H.